The van der Waals surface area contributed by atoms with Crippen LogP contribution >= 0.6 is 12.2 Å². The van der Waals surface area contributed by atoms with Gasteiger partial charge in [-0.15, -0.1) is 0 Å². The summed E-state index contributed by atoms with van der Waals surface area (Å²) < 4.78 is 4.68. The molecule has 0 saturated heterocycles. The molecular formula is C8H12O3S. The second-order valence-corrected chi connectivity index (χ2v) is 2.85. The minimum atomic E-state index is -0.565. The van der Waals surface area contributed by atoms with Crippen LogP contribution in [-0.4, -0.2) is 22.5 Å². The van der Waals surface area contributed by atoms with Gasteiger partial charge in [-0.1, -0.05) is 12.2 Å². The summed E-state index contributed by atoms with van der Waals surface area (Å²) >= 11 is 4.76. The molecule has 0 fully saturated rings. The van der Waals surface area contributed by atoms with Gasteiger partial charge >= 0.3 is 5.97 Å². The molecule has 0 amide bonds. The molecule has 68 valence electrons. The average molecular weight is 188 g/mol. The van der Waals surface area contributed by atoms with Crippen LogP contribution in [0.1, 0.15) is 20.8 Å². The standard InChI is InChI=1S/C8H12O3S/c1-4-11-8(10)7(5(2)9)6(3)12/h9H,4H2,1-3H3. The second-order valence-electron chi connectivity index (χ2n) is 2.24. The van der Waals surface area contributed by atoms with Gasteiger partial charge in [0.15, 0.2) is 0 Å². The molecule has 0 rings (SSSR count). The zero-order valence-corrected chi connectivity index (χ0v) is 8.20. The van der Waals surface area contributed by atoms with Crippen molar-refractivity contribution in [1.29, 1.82) is 0 Å². The minimum Gasteiger partial charge on any atom is -0.512 e. The van der Waals surface area contributed by atoms with Crippen LogP contribution < -0.4 is 0 Å². The van der Waals surface area contributed by atoms with Gasteiger partial charge in [0.25, 0.3) is 0 Å². The number of thiocarbonyl (C=S) groups is 1. The van der Waals surface area contributed by atoms with E-state index in [2.05, 4.69) is 4.74 Å². The smallest absolute Gasteiger partial charge is 0.342 e. The quantitative estimate of drug-likeness (QED) is 0.317. The third-order valence-electron chi connectivity index (χ3n) is 1.19. The molecule has 0 aromatic rings. The number of esters is 1. The Morgan fingerprint density at radius 3 is 2.25 bits per heavy atom. The molecular weight excluding hydrogens is 176 g/mol. The first-order valence-corrected chi connectivity index (χ1v) is 3.99. The van der Waals surface area contributed by atoms with E-state index in [1.165, 1.54) is 6.92 Å². The Labute approximate surface area is 77.0 Å². The largest absolute Gasteiger partial charge is 0.512 e. The number of allylic oxidation sites excluding steroid dienone is 1. The molecule has 0 heterocycles. The second kappa shape index (κ2) is 4.87. The maximum Gasteiger partial charge on any atom is 0.342 e. The van der Waals surface area contributed by atoms with Crippen LogP contribution in [0.4, 0.5) is 0 Å². The molecule has 0 radical (unpaired) electrons. The fourth-order valence-electron chi connectivity index (χ4n) is 0.749. The first kappa shape index (κ1) is 11.1. The Bertz CT molecular complexity index is 226. The minimum absolute atomic E-state index is 0.0897. The molecule has 1 N–H and O–H groups in total. The topological polar surface area (TPSA) is 46.5 Å². The van der Waals surface area contributed by atoms with E-state index in [0.29, 0.717) is 4.86 Å². The van der Waals surface area contributed by atoms with Crippen molar-refractivity contribution in [2.45, 2.75) is 20.8 Å². The predicted molar refractivity (Wildman–Crippen MR) is 50.2 cm³/mol. The van der Waals surface area contributed by atoms with Gasteiger partial charge < -0.3 is 9.84 Å². The molecule has 0 atom stereocenters. The molecule has 12 heavy (non-hydrogen) atoms. The van der Waals surface area contributed by atoms with Crippen molar-refractivity contribution in [2.24, 2.45) is 0 Å². The molecule has 0 aliphatic carbocycles. The van der Waals surface area contributed by atoms with E-state index < -0.39 is 5.97 Å². The lowest BCUT2D eigenvalue weighted by molar-refractivity contribution is -0.138. The van der Waals surface area contributed by atoms with Crippen molar-refractivity contribution in [3.05, 3.63) is 11.3 Å². The molecule has 0 aromatic carbocycles. The Morgan fingerprint density at radius 2 is 2.00 bits per heavy atom. The summed E-state index contributed by atoms with van der Waals surface area (Å²) in [5.41, 5.74) is 0.0897. The summed E-state index contributed by atoms with van der Waals surface area (Å²) in [5.74, 6) is -0.661. The summed E-state index contributed by atoms with van der Waals surface area (Å²) in [6.07, 6.45) is 0. The zero-order valence-electron chi connectivity index (χ0n) is 7.38. The van der Waals surface area contributed by atoms with E-state index in [1.54, 1.807) is 13.8 Å². The molecule has 0 spiro atoms. The molecule has 0 aromatic heterocycles. The van der Waals surface area contributed by atoms with Crippen LogP contribution in [0, 0.1) is 0 Å². The first-order chi connectivity index (χ1) is 5.50. The van der Waals surface area contributed by atoms with E-state index in [1.807, 2.05) is 0 Å². The summed E-state index contributed by atoms with van der Waals surface area (Å²) in [6, 6.07) is 0. The summed E-state index contributed by atoms with van der Waals surface area (Å²) in [7, 11) is 0. The Kier molecular flexibility index (Phi) is 4.51. The highest BCUT2D eigenvalue weighted by atomic mass is 32.1. The van der Waals surface area contributed by atoms with Gasteiger partial charge in [-0.05, 0) is 20.8 Å². The SMILES string of the molecule is CCOC(=O)C(C(C)=S)=C(C)O. The maximum absolute atomic E-state index is 11.1. The van der Waals surface area contributed by atoms with Crippen LogP contribution in [0.25, 0.3) is 0 Å². The fourth-order valence-corrected chi connectivity index (χ4v) is 0.980. The van der Waals surface area contributed by atoms with Crippen molar-refractivity contribution in [3.8, 4) is 0 Å². The molecule has 0 aliphatic rings. The zero-order chi connectivity index (χ0) is 9.72. The van der Waals surface area contributed by atoms with Crippen LogP contribution in [-0.2, 0) is 9.53 Å². The maximum atomic E-state index is 11.1. The summed E-state index contributed by atoms with van der Waals surface area (Å²) in [5, 5.41) is 9.07. The third kappa shape index (κ3) is 3.00. The number of aliphatic hydroxyl groups is 1. The van der Waals surface area contributed by atoms with Crippen LogP contribution in [0.3, 0.4) is 0 Å². The summed E-state index contributed by atoms with van der Waals surface area (Å²) in [6.45, 7) is 4.95. The van der Waals surface area contributed by atoms with Gasteiger partial charge in [0.1, 0.15) is 11.3 Å². The van der Waals surface area contributed by atoms with Crippen molar-refractivity contribution >= 4 is 23.1 Å². The van der Waals surface area contributed by atoms with Crippen LogP contribution in [0.2, 0.25) is 0 Å². The highest BCUT2D eigenvalue weighted by molar-refractivity contribution is 7.80. The van der Waals surface area contributed by atoms with E-state index in [0.717, 1.165) is 0 Å². The first-order valence-electron chi connectivity index (χ1n) is 3.58. The van der Waals surface area contributed by atoms with Gasteiger partial charge in [-0.2, -0.15) is 0 Å². The lowest BCUT2D eigenvalue weighted by Crippen LogP contribution is -2.14. The van der Waals surface area contributed by atoms with E-state index in [4.69, 9.17) is 17.3 Å². The van der Waals surface area contributed by atoms with Gasteiger partial charge in [-0.25, -0.2) is 4.79 Å². The Balaban J connectivity index is 4.67. The number of rotatable bonds is 3. The van der Waals surface area contributed by atoms with Gasteiger partial charge in [-0.3, -0.25) is 0 Å². The van der Waals surface area contributed by atoms with Gasteiger partial charge in [0, 0.05) is 4.86 Å². The van der Waals surface area contributed by atoms with Crippen molar-refractivity contribution in [2.75, 3.05) is 6.61 Å². The fraction of sp³-hybridized carbons (Fsp3) is 0.500. The average Bonchev–Trinajstić information content (AvgIpc) is 1.85. The molecule has 0 aliphatic heterocycles. The van der Waals surface area contributed by atoms with Crippen molar-refractivity contribution < 1.29 is 14.6 Å². The van der Waals surface area contributed by atoms with E-state index >= 15 is 0 Å². The number of hydrogen-bond acceptors (Lipinski definition) is 4. The summed E-state index contributed by atoms with van der Waals surface area (Å²) in [4.78, 5) is 11.4. The van der Waals surface area contributed by atoms with E-state index in [9.17, 15) is 4.79 Å². The molecule has 0 saturated carbocycles. The molecule has 0 unspecified atom stereocenters. The number of carbonyl (C=O) groups is 1. The van der Waals surface area contributed by atoms with Gasteiger partial charge in [0.2, 0.25) is 0 Å². The Morgan fingerprint density at radius 1 is 1.50 bits per heavy atom. The monoisotopic (exact) mass is 188 g/mol. The Hall–Kier alpha value is -0.900. The third-order valence-corrected chi connectivity index (χ3v) is 1.40. The van der Waals surface area contributed by atoms with Crippen LogP contribution in [0.5, 0.6) is 0 Å². The number of hydrogen-bond donors (Lipinski definition) is 1. The normalized spacial score (nSPS) is 11.9. The number of ether oxygens (including phenoxy) is 1. The molecule has 3 nitrogen and oxygen atoms in total. The molecule has 0 bridgehead atoms. The van der Waals surface area contributed by atoms with Gasteiger partial charge in [0.05, 0.1) is 6.61 Å². The number of aliphatic hydroxyl groups excluding tert-OH is 1. The number of carbonyl (C=O) groups excluding carboxylic acids is 1. The van der Waals surface area contributed by atoms with Crippen molar-refractivity contribution in [3.63, 3.8) is 0 Å². The lowest BCUT2D eigenvalue weighted by Gasteiger charge is -2.05. The molecule has 4 heteroatoms. The highest BCUT2D eigenvalue weighted by Crippen LogP contribution is 2.06. The van der Waals surface area contributed by atoms with E-state index in [-0.39, 0.29) is 17.9 Å². The van der Waals surface area contributed by atoms with Crippen LogP contribution in [0.15, 0.2) is 11.3 Å². The van der Waals surface area contributed by atoms with Crippen molar-refractivity contribution in [1.82, 2.24) is 0 Å². The lowest BCUT2D eigenvalue weighted by atomic mass is 10.2. The predicted octanol–water partition coefficient (Wildman–Crippen LogP) is 1.77. The highest BCUT2D eigenvalue weighted by Gasteiger charge is 2.15.